The molecule has 0 spiro atoms. The minimum atomic E-state index is -0.00875. The summed E-state index contributed by atoms with van der Waals surface area (Å²) in [6.45, 7) is 1.93. The lowest BCUT2D eigenvalue weighted by Gasteiger charge is -2.22. The molecule has 0 saturated carbocycles. The molecule has 1 aromatic carbocycles. The Morgan fingerprint density at radius 3 is 2.12 bits per heavy atom. The van der Waals surface area contributed by atoms with Crippen LogP contribution in [-0.2, 0) is 0 Å². The van der Waals surface area contributed by atoms with Crippen LogP contribution in [0.25, 0.3) is 0 Å². The molecule has 2 nitrogen and oxygen atoms in total. The monoisotopic (exact) mass is 224 g/mol. The topological polar surface area (TPSA) is 34.1 Å². The second kappa shape index (κ2) is 3.52. The van der Waals surface area contributed by atoms with E-state index < -0.39 is 0 Å². The molecule has 0 heterocycles. The zero-order valence-corrected chi connectivity index (χ0v) is 9.62. The second-order valence-corrected chi connectivity index (χ2v) is 4.52. The average Bonchev–Trinajstić information content (AvgIpc) is 2.36. The molecule has 0 saturated heterocycles. The largest absolute Gasteiger partial charge is 0.289 e. The minimum absolute atomic E-state index is 0.00532. The van der Waals surface area contributed by atoms with E-state index in [1.54, 1.807) is 6.07 Å². The molecule has 0 fully saturated rings. The molecule has 0 atom stereocenters. The molecule has 0 amide bonds. The van der Waals surface area contributed by atoms with Gasteiger partial charge in [0, 0.05) is 22.3 Å². The van der Waals surface area contributed by atoms with E-state index in [1.165, 1.54) is 0 Å². The second-order valence-electron chi connectivity index (χ2n) is 4.52. The molecule has 2 heteroatoms. The van der Waals surface area contributed by atoms with E-state index in [0.29, 0.717) is 22.3 Å². The zero-order valence-electron chi connectivity index (χ0n) is 9.62. The maximum absolute atomic E-state index is 12.3. The smallest absolute Gasteiger partial charge is 0.194 e. The number of benzene rings is 1. The van der Waals surface area contributed by atoms with Crippen molar-refractivity contribution in [2.45, 2.75) is 19.8 Å². The summed E-state index contributed by atoms with van der Waals surface area (Å²) in [4.78, 5) is 24.5. The number of carbonyl (C=O) groups excluding carboxylic acids is 2. The summed E-state index contributed by atoms with van der Waals surface area (Å²) in [5.41, 5.74) is 3.30. The fourth-order valence-corrected chi connectivity index (χ4v) is 2.44. The highest BCUT2D eigenvalue weighted by Crippen LogP contribution is 2.32. The summed E-state index contributed by atoms with van der Waals surface area (Å²) in [5.74, 6) is -0.0141. The number of fused-ring (bicyclic) bond motifs is 2. The Hall–Kier alpha value is -1.96. The molecule has 1 aromatic rings. The highest BCUT2D eigenvalue weighted by molar-refractivity contribution is 6.31. The van der Waals surface area contributed by atoms with Crippen molar-refractivity contribution in [3.63, 3.8) is 0 Å². The molecular weight excluding hydrogens is 212 g/mol. The van der Waals surface area contributed by atoms with Gasteiger partial charge < -0.3 is 0 Å². The van der Waals surface area contributed by atoms with Crippen LogP contribution in [0.15, 0.2) is 41.5 Å². The van der Waals surface area contributed by atoms with Gasteiger partial charge >= 0.3 is 0 Å². The van der Waals surface area contributed by atoms with Crippen LogP contribution in [0, 0.1) is 6.92 Å². The first kappa shape index (κ1) is 10.2. The molecule has 0 unspecified atom stereocenters. The van der Waals surface area contributed by atoms with E-state index >= 15 is 0 Å². The average molecular weight is 224 g/mol. The SMILES string of the molecule is Cc1ccc2c(c1)C(=O)C1=CCCC=C1C2=O. The Morgan fingerprint density at radius 1 is 0.882 bits per heavy atom. The van der Waals surface area contributed by atoms with Crippen molar-refractivity contribution in [2.24, 2.45) is 0 Å². The number of rotatable bonds is 0. The Morgan fingerprint density at radius 2 is 1.47 bits per heavy atom. The fourth-order valence-electron chi connectivity index (χ4n) is 2.44. The van der Waals surface area contributed by atoms with Gasteiger partial charge in [0.25, 0.3) is 0 Å². The van der Waals surface area contributed by atoms with E-state index in [-0.39, 0.29) is 11.6 Å². The van der Waals surface area contributed by atoms with Crippen molar-refractivity contribution in [3.8, 4) is 0 Å². The number of hydrogen-bond donors (Lipinski definition) is 0. The van der Waals surface area contributed by atoms with Crippen LogP contribution < -0.4 is 0 Å². The summed E-state index contributed by atoms with van der Waals surface area (Å²) in [7, 11) is 0. The lowest BCUT2D eigenvalue weighted by Crippen LogP contribution is -2.24. The van der Waals surface area contributed by atoms with Gasteiger partial charge in [-0.25, -0.2) is 0 Å². The standard InChI is InChI=1S/C15H12O2/c1-9-6-7-12-13(8-9)15(17)11-5-3-2-4-10(11)14(12)16/h4-8H,2-3H2,1H3. The van der Waals surface area contributed by atoms with Gasteiger partial charge in [0.15, 0.2) is 11.6 Å². The van der Waals surface area contributed by atoms with Gasteiger partial charge in [0.05, 0.1) is 0 Å². The Kier molecular flexibility index (Phi) is 2.11. The molecule has 2 aliphatic carbocycles. The molecule has 0 radical (unpaired) electrons. The van der Waals surface area contributed by atoms with E-state index in [2.05, 4.69) is 0 Å². The van der Waals surface area contributed by atoms with Crippen LogP contribution in [0.1, 0.15) is 39.1 Å². The molecule has 0 N–H and O–H groups in total. The predicted octanol–water partition coefficient (Wildman–Crippen LogP) is 3.02. The first-order chi connectivity index (χ1) is 8.18. The number of aryl methyl sites for hydroxylation is 1. The van der Waals surface area contributed by atoms with Gasteiger partial charge in [-0.15, -0.1) is 0 Å². The summed E-state index contributed by atoms with van der Waals surface area (Å²) in [5, 5.41) is 0. The highest BCUT2D eigenvalue weighted by atomic mass is 16.1. The summed E-state index contributed by atoms with van der Waals surface area (Å²) < 4.78 is 0. The molecule has 2 aliphatic rings. The predicted molar refractivity (Wildman–Crippen MR) is 65.2 cm³/mol. The van der Waals surface area contributed by atoms with Crippen LogP contribution in [0.2, 0.25) is 0 Å². The van der Waals surface area contributed by atoms with Crippen molar-refractivity contribution < 1.29 is 9.59 Å². The molecule has 84 valence electrons. The molecule has 17 heavy (non-hydrogen) atoms. The van der Waals surface area contributed by atoms with Crippen molar-refractivity contribution in [1.29, 1.82) is 0 Å². The quantitative estimate of drug-likeness (QED) is 0.678. The van der Waals surface area contributed by atoms with Gasteiger partial charge in [-0.2, -0.15) is 0 Å². The summed E-state index contributed by atoms with van der Waals surface area (Å²) in [6.07, 6.45) is 5.47. The van der Waals surface area contributed by atoms with Gasteiger partial charge in [0.1, 0.15) is 0 Å². The van der Waals surface area contributed by atoms with Crippen LogP contribution >= 0.6 is 0 Å². The Balaban J connectivity index is 2.28. The lowest BCUT2D eigenvalue weighted by molar-refractivity contribution is 0.0971. The summed E-state index contributed by atoms with van der Waals surface area (Å²) >= 11 is 0. The van der Waals surface area contributed by atoms with E-state index in [1.807, 2.05) is 31.2 Å². The Bertz CT molecular complexity index is 603. The molecular formula is C15H12O2. The van der Waals surface area contributed by atoms with Gasteiger partial charge in [-0.05, 0) is 25.8 Å². The van der Waals surface area contributed by atoms with Gasteiger partial charge in [-0.1, -0.05) is 29.8 Å². The van der Waals surface area contributed by atoms with Crippen molar-refractivity contribution in [3.05, 3.63) is 58.2 Å². The maximum Gasteiger partial charge on any atom is 0.194 e. The molecule has 3 rings (SSSR count). The van der Waals surface area contributed by atoms with E-state index in [0.717, 1.165) is 18.4 Å². The van der Waals surface area contributed by atoms with Crippen LogP contribution in [-0.4, -0.2) is 11.6 Å². The molecule has 0 aliphatic heterocycles. The third-order valence-electron chi connectivity index (χ3n) is 3.31. The highest BCUT2D eigenvalue weighted by Gasteiger charge is 2.32. The first-order valence-corrected chi connectivity index (χ1v) is 5.79. The third kappa shape index (κ3) is 1.41. The maximum atomic E-state index is 12.3. The number of carbonyl (C=O) groups is 2. The minimum Gasteiger partial charge on any atom is -0.289 e. The van der Waals surface area contributed by atoms with Crippen molar-refractivity contribution in [2.75, 3.05) is 0 Å². The number of allylic oxidation sites excluding steroid dienone is 4. The number of Topliss-reactive ketones (excluding diaryl/α,β-unsaturated/α-hetero) is 2. The van der Waals surface area contributed by atoms with Gasteiger partial charge in [-0.3, -0.25) is 9.59 Å². The number of hydrogen-bond acceptors (Lipinski definition) is 2. The zero-order chi connectivity index (χ0) is 12.0. The molecule has 0 aromatic heterocycles. The van der Waals surface area contributed by atoms with Crippen LogP contribution in [0.5, 0.6) is 0 Å². The van der Waals surface area contributed by atoms with Crippen LogP contribution in [0.3, 0.4) is 0 Å². The Labute approximate surface area is 99.6 Å². The van der Waals surface area contributed by atoms with E-state index in [9.17, 15) is 9.59 Å². The third-order valence-corrected chi connectivity index (χ3v) is 3.31. The normalized spacial score (nSPS) is 18.2. The first-order valence-electron chi connectivity index (χ1n) is 5.79. The lowest BCUT2D eigenvalue weighted by atomic mass is 9.79. The van der Waals surface area contributed by atoms with E-state index in [4.69, 9.17) is 0 Å². The number of ketones is 2. The fraction of sp³-hybridized carbons (Fsp3) is 0.200. The van der Waals surface area contributed by atoms with Gasteiger partial charge in [0.2, 0.25) is 0 Å². The van der Waals surface area contributed by atoms with Crippen LogP contribution in [0.4, 0.5) is 0 Å². The molecule has 0 bridgehead atoms. The van der Waals surface area contributed by atoms with Crippen molar-refractivity contribution >= 4 is 11.6 Å². The summed E-state index contributed by atoms with van der Waals surface area (Å²) in [6, 6.07) is 5.45. The van der Waals surface area contributed by atoms with Crippen molar-refractivity contribution in [1.82, 2.24) is 0 Å².